The van der Waals surface area contributed by atoms with Crippen molar-refractivity contribution in [1.82, 2.24) is 4.90 Å². The average Bonchev–Trinajstić information content (AvgIpc) is 2.44. The van der Waals surface area contributed by atoms with Gasteiger partial charge in [0.15, 0.2) is 0 Å². The van der Waals surface area contributed by atoms with Crippen molar-refractivity contribution >= 4 is 11.8 Å². The Kier molecular flexibility index (Phi) is 3.84. The molecule has 17 heavy (non-hydrogen) atoms. The Hall–Kier alpha value is -1.90. The van der Waals surface area contributed by atoms with Gasteiger partial charge < -0.3 is 0 Å². The molecule has 90 valence electrons. The van der Waals surface area contributed by atoms with Gasteiger partial charge in [-0.3, -0.25) is 14.5 Å². The summed E-state index contributed by atoms with van der Waals surface area (Å²) < 4.78 is 0. The number of carbonyl (C=O) groups excluding carboxylic acids is 2. The number of imide groups is 1. The second kappa shape index (κ2) is 4.95. The molecule has 1 aliphatic rings. The summed E-state index contributed by atoms with van der Waals surface area (Å²) in [6.07, 6.45) is 8.37. The fourth-order valence-corrected chi connectivity index (χ4v) is 1.70. The largest absolute Gasteiger partial charge is 0.274 e. The molecule has 1 heterocycles. The SMILES string of the molecule is C=C/C=C\C(=C/C=C)N1C(=O)CC(C)(C)C1=O. The summed E-state index contributed by atoms with van der Waals surface area (Å²) in [6, 6.07) is 0. The lowest BCUT2D eigenvalue weighted by atomic mass is 9.92. The Labute approximate surface area is 102 Å². The molecule has 2 amide bonds. The highest BCUT2D eigenvalue weighted by molar-refractivity contribution is 6.07. The van der Waals surface area contributed by atoms with Crippen LogP contribution in [0.5, 0.6) is 0 Å². The van der Waals surface area contributed by atoms with Gasteiger partial charge in [0.1, 0.15) is 0 Å². The van der Waals surface area contributed by atoms with Crippen LogP contribution < -0.4 is 0 Å². The van der Waals surface area contributed by atoms with Crippen molar-refractivity contribution in [2.24, 2.45) is 5.41 Å². The standard InChI is InChI=1S/C14H17NO2/c1-5-7-9-11(8-6-2)15-12(16)10-14(3,4)13(15)17/h5-9H,1-2,10H2,3-4H3/b9-7-,11-8+. The highest BCUT2D eigenvalue weighted by atomic mass is 16.2. The van der Waals surface area contributed by atoms with Crippen LogP contribution in [0.3, 0.4) is 0 Å². The van der Waals surface area contributed by atoms with Crippen molar-refractivity contribution < 1.29 is 9.59 Å². The third kappa shape index (κ3) is 2.61. The van der Waals surface area contributed by atoms with Gasteiger partial charge in [0.25, 0.3) is 0 Å². The van der Waals surface area contributed by atoms with Crippen molar-refractivity contribution in [2.75, 3.05) is 0 Å². The van der Waals surface area contributed by atoms with Crippen LogP contribution in [0.4, 0.5) is 0 Å². The lowest BCUT2D eigenvalue weighted by Crippen LogP contribution is -2.31. The summed E-state index contributed by atoms with van der Waals surface area (Å²) in [5.74, 6) is -0.355. The maximum absolute atomic E-state index is 12.1. The average molecular weight is 231 g/mol. The van der Waals surface area contributed by atoms with Crippen LogP contribution in [0.25, 0.3) is 0 Å². The number of amides is 2. The second-order valence-corrected chi connectivity index (χ2v) is 4.52. The zero-order valence-corrected chi connectivity index (χ0v) is 10.3. The van der Waals surface area contributed by atoms with Crippen molar-refractivity contribution in [1.29, 1.82) is 0 Å². The van der Waals surface area contributed by atoms with Crippen molar-refractivity contribution in [3.63, 3.8) is 0 Å². The predicted octanol–water partition coefficient (Wildman–Crippen LogP) is 2.58. The third-order valence-electron chi connectivity index (χ3n) is 2.57. The van der Waals surface area contributed by atoms with Gasteiger partial charge >= 0.3 is 0 Å². The number of carbonyl (C=O) groups is 2. The van der Waals surface area contributed by atoms with E-state index in [2.05, 4.69) is 13.2 Å². The molecule has 0 aromatic rings. The molecule has 0 radical (unpaired) electrons. The molecular formula is C14H17NO2. The molecule has 3 nitrogen and oxygen atoms in total. The lowest BCUT2D eigenvalue weighted by molar-refractivity contribution is -0.138. The molecule has 0 aliphatic carbocycles. The van der Waals surface area contributed by atoms with Crippen LogP contribution in [0.15, 0.2) is 49.2 Å². The summed E-state index contributed by atoms with van der Waals surface area (Å²) in [5, 5.41) is 0. The summed E-state index contributed by atoms with van der Waals surface area (Å²) in [7, 11) is 0. The Balaban J connectivity index is 3.12. The van der Waals surface area contributed by atoms with E-state index in [-0.39, 0.29) is 18.2 Å². The monoisotopic (exact) mass is 231 g/mol. The van der Waals surface area contributed by atoms with Gasteiger partial charge in [-0.05, 0) is 12.2 Å². The molecular weight excluding hydrogens is 214 g/mol. The Morgan fingerprint density at radius 1 is 1.29 bits per heavy atom. The maximum atomic E-state index is 12.1. The predicted molar refractivity (Wildman–Crippen MR) is 67.9 cm³/mol. The number of hydrogen-bond donors (Lipinski definition) is 0. The Morgan fingerprint density at radius 2 is 1.94 bits per heavy atom. The van der Waals surface area contributed by atoms with E-state index in [1.54, 1.807) is 44.2 Å². The first-order valence-electron chi connectivity index (χ1n) is 5.43. The maximum Gasteiger partial charge on any atom is 0.239 e. The zero-order valence-electron chi connectivity index (χ0n) is 10.3. The number of likely N-dealkylation sites (tertiary alicyclic amines) is 1. The molecule has 0 aromatic heterocycles. The number of hydrogen-bond acceptors (Lipinski definition) is 2. The minimum absolute atomic E-state index is 0.177. The van der Waals surface area contributed by atoms with Gasteiger partial charge in [-0.2, -0.15) is 0 Å². The number of rotatable bonds is 4. The normalized spacial score (nSPS) is 20.1. The van der Waals surface area contributed by atoms with Gasteiger partial charge in [-0.15, -0.1) is 0 Å². The molecule has 0 N–H and O–H groups in total. The molecule has 1 fully saturated rings. The van der Waals surface area contributed by atoms with Crippen molar-refractivity contribution in [2.45, 2.75) is 20.3 Å². The van der Waals surface area contributed by atoms with E-state index in [0.29, 0.717) is 5.70 Å². The quantitative estimate of drug-likeness (QED) is 0.551. The Bertz CT molecular complexity index is 428. The Morgan fingerprint density at radius 3 is 2.35 bits per heavy atom. The first-order chi connectivity index (χ1) is 7.94. The van der Waals surface area contributed by atoms with Gasteiger partial charge in [0, 0.05) is 6.42 Å². The van der Waals surface area contributed by atoms with Gasteiger partial charge in [0.05, 0.1) is 11.1 Å². The summed E-state index contributed by atoms with van der Waals surface area (Å²) in [5.41, 5.74) is -0.0974. The van der Waals surface area contributed by atoms with E-state index in [1.807, 2.05) is 0 Å². The number of allylic oxidation sites excluding steroid dienone is 5. The highest BCUT2D eigenvalue weighted by Crippen LogP contribution is 2.34. The van der Waals surface area contributed by atoms with Crippen LogP contribution in [0, 0.1) is 5.41 Å². The summed E-state index contributed by atoms with van der Waals surface area (Å²) >= 11 is 0. The van der Waals surface area contributed by atoms with Crippen LogP contribution in [0.1, 0.15) is 20.3 Å². The van der Waals surface area contributed by atoms with Gasteiger partial charge in [0.2, 0.25) is 11.8 Å². The summed E-state index contributed by atoms with van der Waals surface area (Å²) in [4.78, 5) is 25.1. The van der Waals surface area contributed by atoms with E-state index >= 15 is 0 Å². The van der Waals surface area contributed by atoms with E-state index in [1.165, 1.54) is 4.90 Å². The molecule has 0 atom stereocenters. The molecule has 1 saturated heterocycles. The zero-order chi connectivity index (χ0) is 13.1. The number of nitrogens with zero attached hydrogens (tertiary/aromatic N) is 1. The van der Waals surface area contributed by atoms with E-state index < -0.39 is 5.41 Å². The van der Waals surface area contributed by atoms with E-state index in [4.69, 9.17) is 0 Å². The molecule has 1 aliphatic heterocycles. The molecule has 1 rings (SSSR count). The van der Waals surface area contributed by atoms with Crippen LogP contribution in [0.2, 0.25) is 0 Å². The van der Waals surface area contributed by atoms with Crippen LogP contribution >= 0.6 is 0 Å². The van der Waals surface area contributed by atoms with E-state index in [0.717, 1.165) is 0 Å². The van der Waals surface area contributed by atoms with Gasteiger partial charge in [-0.1, -0.05) is 45.2 Å². The first kappa shape index (κ1) is 13.2. The summed E-state index contributed by atoms with van der Waals surface area (Å²) in [6.45, 7) is 10.7. The molecule has 0 unspecified atom stereocenters. The second-order valence-electron chi connectivity index (χ2n) is 4.52. The first-order valence-corrected chi connectivity index (χ1v) is 5.43. The topological polar surface area (TPSA) is 37.4 Å². The molecule has 0 bridgehead atoms. The third-order valence-corrected chi connectivity index (χ3v) is 2.57. The van der Waals surface area contributed by atoms with Gasteiger partial charge in [-0.25, -0.2) is 0 Å². The lowest BCUT2D eigenvalue weighted by Gasteiger charge is -2.18. The fourth-order valence-electron chi connectivity index (χ4n) is 1.70. The molecule has 0 aromatic carbocycles. The molecule has 0 saturated carbocycles. The van der Waals surface area contributed by atoms with Crippen molar-refractivity contribution in [3.05, 3.63) is 49.2 Å². The van der Waals surface area contributed by atoms with E-state index in [9.17, 15) is 9.59 Å². The van der Waals surface area contributed by atoms with Crippen LogP contribution in [-0.4, -0.2) is 16.7 Å². The minimum Gasteiger partial charge on any atom is -0.274 e. The molecule has 3 heteroatoms. The smallest absolute Gasteiger partial charge is 0.239 e. The molecule has 0 spiro atoms. The fraction of sp³-hybridized carbons (Fsp3) is 0.286. The highest BCUT2D eigenvalue weighted by Gasteiger charge is 2.45. The van der Waals surface area contributed by atoms with Crippen molar-refractivity contribution in [3.8, 4) is 0 Å². The van der Waals surface area contributed by atoms with Crippen LogP contribution in [-0.2, 0) is 9.59 Å². The minimum atomic E-state index is -0.626.